The summed E-state index contributed by atoms with van der Waals surface area (Å²) in [7, 11) is 0. The molecule has 7 heteroatoms. The first kappa shape index (κ1) is 16.3. The van der Waals surface area contributed by atoms with E-state index in [-0.39, 0.29) is 17.9 Å². The zero-order chi connectivity index (χ0) is 15.1. The molecule has 1 atom stereocenters. The summed E-state index contributed by atoms with van der Waals surface area (Å²) in [6, 6.07) is -0.903. The number of hydrogen-bond acceptors (Lipinski definition) is 3. The second kappa shape index (κ2) is 7.72. The Morgan fingerprint density at radius 3 is 2.40 bits per heavy atom. The summed E-state index contributed by atoms with van der Waals surface area (Å²) in [6.45, 7) is 4.99. The quantitative estimate of drug-likeness (QED) is 0.681. The normalized spacial score (nSPS) is 17.4. The Kier molecular flexibility index (Phi) is 6.27. The Morgan fingerprint density at radius 1 is 1.30 bits per heavy atom. The minimum atomic E-state index is -0.808. The molecule has 1 aliphatic heterocycles. The molecular weight excluding hydrogens is 262 g/mol. The van der Waals surface area contributed by atoms with Gasteiger partial charge >= 0.3 is 12.0 Å². The molecule has 3 amide bonds. The van der Waals surface area contributed by atoms with Gasteiger partial charge in [-0.1, -0.05) is 6.92 Å². The molecule has 0 saturated carbocycles. The molecule has 0 radical (unpaired) electrons. The van der Waals surface area contributed by atoms with Crippen molar-refractivity contribution in [1.29, 1.82) is 0 Å². The average Bonchev–Trinajstić information content (AvgIpc) is 2.44. The topological polar surface area (TPSA) is 98.7 Å². The summed E-state index contributed by atoms with van der Waals surface area (Å²) in [6.07, 6.45) is 1.76. The predicted molar refractivity (Wildman–Crippen MR) is 73.2 cm³/mol. The Labute approximate surface area is 118 Å². The van der Waals surface area contributed by atoms with Gasteiger partial charge in [0.15, 0.2) is 0 Å². The Bertz CT molecular complexity index is 365. The van der Waals surface area contributed by atoms with E-state index in [9.17, 15) is 14.4 Å². The van der Waals surface area contributed by atoms with Gasteiger partial charge in [0.1, 0.15) is 6.04 Å². The molecule has 1 aliphatic rings. The summed E-state index contributed by atoms with van der Waals surface area (Å²) in [5.41, 5.74) is 0. The van der Waals surface area contributed by atoms with Gasteiger partial charge in [-0.05, 0) is 26.2 Å². The molecule has 0 bridgehead atoms. The SMILES string of the molecule is CCCNC(=O)C(C)NC(=O)N1CCC(C(=O)O)CC1. The molecule has 114 valence electrons. The molecular formula is C13H23N3O4. The van der Waals surface area contributed by atoms with Crippen molar-refractivity contribution in [3.63, 3.8) is 0 Å². The molecule has 1 rings (SSSR count). The average molecular weight is 285 g/mol. The Morgan fingerprint density at radius 2 is 1.90 bits per heavy atom. The maximum Gasteiger partial charge on any atom is 0.318 e. The minimum absolute atomic E-state index is 0.208. The molecule has 1 fully saturated rings. The highest BCUT2D eigenvalue weighted by Crippen LogP contribution is 2.17. The highest BCUT2D eigenvalue weighted by molar-refractivity contribution is 5.86. The Balaban J connectivity index is 2.36. The van der Waals surface area contributed by atoms with E-state index in [1.54, 1.807) is 11.8 Å². The van der Waals surface area contributed by atoms with Crippen molar-refractivity contribution in [2.75, 3.05) is 19.6 Å². The lowest BCUT2D eigenvalue weighted by Crippen LogP contribution is -2.52. The molecule has 0 aromatic rings. The third-order valence-electron chi connectivity index (χ3n) is 3.41. The van der Waals surface area contributed by atoms with Crippen molar-refractivity contribution < 1.29 is 19.5 Å². The molecule has 3 N–H and O–H groups in total. The zero-order valence-corrected chi connectivity index (χ0v) is 12.0. The third-order valence-corrected chi connectivity index (χ3v) is 3.41. The lowest BCUT2D eigenvalue weighted by Gasteiger charge is -2.31. The number of hydrogen-bond donors (Lipinski definition) is 3. The number of aliphatic carboxylic acids is 1. The summed E-state index contributed by atoms with van der Waals surface area (Å²) >= 11 is 0. The molecule has 20 heavy (non-hydrogen) atoms. The smallest absolute Gasteiger partial charge is 0.318 e. The van der Waals surface area contributed by atoms with E-state index >= 15 is 0 Å². The number of carboxylic acids is 1. The molecule has 1 heterocycles. The molecule has 0 spiro atoms. The Hall–Kier alpha value is -1.79. The number of likely N-dealkylation sites (tertiary alicyclic amines) is 1. The van der Waals surface area contributed by atoms with Gasteiger partial charge in [0.25, 0.3) is 0 Å². The number of nitrogens with zero attached hydrogens (tertiary/aromatic N) is 1. The number of urea groups is 1. The lowest BCUT2D eigenvalue weighted by atomic mass is 9.97. The van der Waals surface area contributed by atoms with Crippen LogP contribution in [0.4, 0.5) is 4.79 Å². The molecule has 0 aliphatic carbocycles. The van der Waals surface area contributed by atoms with Gasteiger partial charge in [0.2, 0.25) is 5.91 Å². The van der Waals surface area contributed by atoms with Crippen LogP contribution in [0, 0.1) is 5.92 Å². The van der Waals surface area contributed by atoms with E-state index in [2.05, 4.69) is 10.6 Å². The van der Waals surface area contributed by atoms with E-state index in [0.717, 1.165) is 6.42 Å². The standard InChI is InChI=1S/C13H23N3O4/c1-3-6-14-11(17)9(2)15-13(20)16-7-4-10(5-8-16)12(18)19/h9-10H,3-8H2,1-2H3,(H,14,17)(H,15,20)(H,18,19). The van der Waals surface area contributed by atoms with Crippen LogP contribution >= 0.6 is 0 Å². The third kappa shape index (κ3) is 4.71. The van der Waals surface area contributed by atoms with E-state index in [1.807, 2.05) is 6.92 Å². The fourth-order valence-electron chi connectivity index (χ4n) is 2.07. The van der Waals surface area contributed by atoms with Gasteiger partial charge in [-0.3, -0.25) is 9.59 Å². The van der Waals surface area contributed by atoms with Crippen molar-refractivity contribution in [3.05, 3.63) is 0 Å². The number of carbonyl (C=O) groups excluding carboxylic acids is 2. The van der Waals surface area contributed by atoms with Gasteiger partial charge in [-0.15, -0.1) is 0 Å². The van der Waals surface area contributed by atoms with E-state index in [0.29, 0.717) is 32.5 Å². The van der Waals surface area contributed by atoms with Crippen molar-refractivity contribution in [1.82, 2.24) is 15.5 Å². The highest BCUT2D eigenvalue weighted by atomic mass is 16.4. The van der Waals surface area contributed by atoms with Gasteiger partial charge in [0, 0.05) is 19.6 Å². The first-order valence-corrected chi connectivity index (χ1v) is 7.01. The van der Waals surface area contributed by atoms with E-state index in [4.69, 9.17) is 5.11 Å². The second-order valence-corrected chi connectivity index (χ2v) is 5.06. The van der Waals surface area contributed by atoms with Crippen LogP contribution in [0.5, 0.6) is 0 Å². The van der Waals surface area contributed by atoms with Crippen molar-refractivity contribution in [3.8, 4) is 0 Å². The number of rotatable bonds is 5. The van der Waals surface area contributed by atoms with Crippen molar-refractivity contribution in [2.24, 2.45) is 5.92 Å². The maximum absolute atomic E-state index is 12.0. The number of carboxylic acid groups (broad SMARTS) is 1. The van der Waals surface area contributed by atoms with Gasteiger partial charge in [-0.2, -0.15) is 0 Å². The highest BCUT2D eigenvalue weighted by Gasteiger charge is 2.28. The zero-order valence-electron chi connectivity index (χ0n) is 12.0. The molecule has 0 aromatic carbocycles. The summed E-state index contributed by atoms with van der Waals surface area (Å²) in [5, 5.41) is 14.2. The maximum atomic E-state index is 12.0. The number of nitrogens with one attached hydrogen (secondary N) is 2. The number of piperidine rings is 1. The van der Waals surface area contributed by atoms with Crippen molar-refractivity contribution in [2.45, 2.75) is 39.2 Å². The van der Waals surface area contributed by atoms with Crippen LogP contribution in [0.25, 0.3) is 0 Å². The minimum Gasteiger partial charge on any atom is -0.481 e. The molecule has 1 unspecified atom stereocenters. The van der Waals surface area contributed by atoms with E-state index < -0.39 is 12.0 Å². The van der Waals surface area contributed by atoms with Crippen LogP contribution in [0.2, 0.25) is 0 Å². The fraction of sp³-hybridized carbons (Fsp3) is 0.769. The van der Waals surface area contributed by atoms with Crippen LogP contribution in [0.1, 0.15) is 33.1 Å². The van der Waals surface area contributed by atoms with Crippen LogP contribution in [0.15, 0.2) is 0 Å². The predicted octanol–water partition coefficient (Wildman–Crippen LogP) is 0.407. The van der Waals surface area contributed by atoms with Crippen LogP contribution in [-0.4, -0.2) is 53.6 Å². The van der Waals surface area contributed by atoms with Gasteiger partial charge in [-0.25, -0.2) is 4.79 Å². The second-order valence-electron chi connectivity index (χ2n) is 5.06. The monoisotopic (exact) mass is 285 g/mol. The summed E-state index contributed by atoms with van der Waals surface area (Å²) in [4.78, 5) is 36.0. The van der Waals surface area contributed by atoms with Gasteiger partial charge < -0.3 is 20.6 Å². The molecule has 0 aromatic heterocycles. The van der Waals surface area contributed by atoms with Crippen molar-refractivity contribution >= 4 is 17.9 Å². The van der Waals surface area contributed by atoms with Gasteiger partial charge in [0.05, 0.1) is 5.92 Å². The lowest BCUT2D eigenvalue weighted by molar-refractivity contribution is -0.143. The summed E-state index contributed by atoms with van der Waals surface area (Å²) < 4.78 is 0. The van der Waals surface area contributed by atoms with Crippen LogP contribution < -0.4 is 10.6 Å². The summed E-state index contributed by atoms with van der Waals surface area (Å²) in [5.74, 6) is -1.39. The first-order chi connectivity index (χ1) is 9.45. The molecule has 7 nitrogen and oxygen atoms in total. The number of amides is 3. The van der Waals surface area contributed by atoms with Crippen LogP contribution in [0.3, 0.4) is 0 Å². The largest absolute Gasteiger partial charge is 0.481 e. The van der Waals surface area contributed by atoms with Crippen LogP contribution in [-0.2, 0) is 9.59 Å². The fourth-order valence-corrected chi connectivity index (χ4v) is 2.07. The first-order valence-electron chi connectivity index (χ1n) is 7.01. The molecule has 1 saturated heterocycles. The number of carbonyl (C=O) groups is 3. The van der Waals surface area contributed by atoms with E-state index in [1.165, 1.54) is 0 Å².